The molecule has 1 aromatic carbocycles. The molecule has 1 fully saturated rings. The molecule has 1 aromatic rings. The average molecular weight is 432 g/mol. The largest absolute Gasteiger partial charge is 0.378 e. The van der Waals surface area contributed by atoms with Gasteiger partial charge >= 0.3 is 0 Å². The summed E-state index contributed by atoms with van der Waals surface area (Å²) in [6.07, 6.45) is 1.31. The molecular weight excluding hydrogens is 394 g/mol. The Labute approximate surface area is 185 Å². The molecule has 3 atom stereocenters. The topological polar surface area (TPSA) is 64.6 Å². The molecule has 30 heavy (non-hydrogen) atoms. The number of hydrogen-bond acceptors (Lipinski definition) is 5. The smallest absolute Gasteiger partial charge is 0.223 e. The van der Waals surface area contributed by atoms with Crippen LogP contribution in [0.25, 0.3) is 4.91 Å². The number of likely N-dealkylation sites (tertiary alicyclic amines) is 1. The van der Waals surface area contributed by atoms with Crippen molar-refractivity contribution in [1.82, 2.24) is 15.5 Å². The number of nitrogens with one attached hydrogen (secondary N) is 2. The third-order valence-corrected chi connectivity index (χ3v) is 7.04. The molecule has 1 amide bonds. The highest BCUT2D eigenvalue weighted by molar-refractivity contribution is 8.08. The van der Waals surface area contributed by atoms with E-state index in [2.05, 4.69) is 69.5 Å². The van der Waals surface area contributed by atoms with Crippen LogP contribution in [0, 0.1) is 11.3 Å². The molecule has 5 nitrogen and oxygen atoms in total. The Hall–Kier alpha value is -1.50. The lowest BCUT2D eigenvalue weighted by Gasteiger charge is -2.38. The molecule has 0 spiro atoms. The second-order valence-electron chi connectivity index (χ2n) is 10.3. The summed E-state index contributed by atoms with van der Waals surface area (Å²) in [5.74, 6) is 1.45. The molecule has 6 heteroatoms. The quantitative estimate of drug-likeness (QED) is 0.591. The minimum absolute atomic E-state index is 0.0601. The number of benzene rings is 1. The molecule has 0 aromatic heterocycles. The summed E-state index contributed by atoms with van der Waals surface area (Å²) in [5.41, 5.74) is 2.37. The van der Waals surface area contributed by atoms with Crippen molar-refractivity contribution in [3.8, 4) is 0 Å². The maximum atomic E-state index is 12.9. The molecule has 2 aliphatic rings. The molecule has 0 saturated carbocycles. The van der Waals surface area contributed by atoms with Crippen molar-refractivity contribution < 1.29 is 9.90 Å². The van der Waals surface area contributed by atoms with Gasteiger partial charge in [-0.1, -0.05) is 52.0 Å². The first-order valence-electron chi connectivity index (χ1n) is 10.9. The van der Waals surface area contributed by atoms with Crippen LogP contribution in [-0.4, -0.2) is 40.1 Å². The lowest BCUT2D eigenvalue weighted by molar-refractivity contribution is -0.141. The summed E-state index contributed by atoms with van der Waals surface area (Å²) in [6, 6.07) is 8.28. The van der Waals surface area contributed by atoms with Crippen LogP contribution in [0.4, 0.5) is 0 Å². The Balaban J connectivity index is 1.65. The molecule has 3 rings (SSSR count). The minimum Gasteiger partial charge on any atom is -0.378 e. The zero-order chi connectivity index (χ0) is 22.1. The third kappa shape index (κ3) is 5.59. The Morgan fingerprint density at radius 2 is 1.93 bits per heavy atom. The predicted octanol–water partition coefficient (Wildman–Crippen LogP) is 4.14. The van der Waals surface area contributed by atoms with E-state index in [0.717, 1.165) is 17.9 Å². The number of nitrogens with zero attached hydrogens (tertiary/aromatic N) is 1. The molecule has 0 bridgehead atoms. The van der Waals surface area contributed by atoms with E-state index in [9.17, 15) is 9.90 Å². The van der Waals surface area contributed by atoms with Gasteiger partial charge in [-0.15, -0.1) is 11.8 Å². The lowest BCUT2D eigenvalue weighted by Crippen LogP contribution is -2.58. The van der Waals surface area contributed by atoms with Gasteiger partial charge in [0.15, 0.2) is 0 Å². The van der Waals surface area contributed by atoms with Crippen LogP contribution >= 0.6 is 11.8 Å². The normalized spacial score (nSPS) is 24.2. The van der Waals surface area contributed by atoms with Crippen LogP contribution < -0.4 is 10.6 Å². The van der Waals surface area contributed by atoms with Crippen LogP contribution in [0.2, 0.25) is 0 Å². The molecule has 2 heterocycles. The van der Waals surface area contributed by atoms with E-state index in [4.69, 9.17) is 0 Å². The molecule has 3 N–H and O–H groups in total. The Morgan fingerprint density at radius 1 is 1.27 bits per heavy atom. The Kier molecular flexibility index (Phi) is 6.90. The fourth-order valence-corrected chi connectivity index (χ4v) is 5.31. The van der Waals surface area contributed by atoms with Gasteiger partial charge in [0.1, 0.15) is 5.72 Å². The van der Waals surface area contributed by atoms with Gasteiger partial charge in [-0.05, 0) is 42.7 Å². The van der Waals surface area contributed by atoms with Crippen LogP contribution in [-0.2, 0) is 11.3 Å². The fourth-order valence-electron chi connectivity index (χ4n) is 4.29. The summed E-state index contributed by atoms with van der Waals surface area (Å²) in [5, 5.41) is 17.9. The maximum Gasteiger partial charge on any atom is 0.223 e. The van der Waals surface area contributed by atoms with E-state index in [0.29, 0.717) is 25.4 Å². The highest BCUT2D eigenvalue weighted by Crippen LogP contribution is 2.34. The van der Waals surface area contributed by atoms with Gasteiger partial charge in [-0.3, -0.25) is 10.1 Å². The van der Waals surface area contributed by atoms with Crippen molar-refractivity contribution in [3.63, 3.8) is 0 Å². The number of carbonyl (C=O) groups is 1. The first-order chi connectivity index (χ1) is 14.0. The van der Waals surface area contributed by atoms with Crippen molar-refractivity contribution in [2.45, 2.75) is 72.7 Å². The summed E-state index contributed by atoms with van der Waals surface area (Å²) < 4.78 is 0. The second-order valence-corrected chi connectivity index (χ2v) is 11.2. The Bertz CT molecular complexity index is 796. The van der Waals surface area contributed by atoms with Crippen LogP contribution in [0.5, 0.6) is 0 Å². The first kappa shape index (κ1) is 23.2. The first-order valence-corrected chi connectivity index (χ1v) is 11.9. The van der Waals surface area contributed by atoms with Gasteiger partial charge in [0.2, 0.25) is 5.91 Å². The zero-order valence-electron chi connectivity index (χ0n) is 19.2. The molecule has 1 saturated heterocycles. The van der Waals surface area contributed by atoms with E-state index in [-0.39, 0.29) is 17.4 Å². The minimum atomic E-state index is -1.14. The summed E-state index contributed by atoms with van der Waals surface area (Å²) in [4.78, 5) is 16.1. The highest BCUT2D eigenvalue weighted by Gasteiger charge is 2.44. The van der Waals surface area contributed by atoms with Crippen molar-refractivity contribution in [1.29, 1.82) is 0 Å². The van der Waals surface area contributed by atoms with Crippen LogP contribution in [0.3, 0.4) is 0 Å². The molecule has 0 aliphatic carbocycles. The zero-order valence-corrected chi connectivity index (χ0v) is 20.0. The van der Waals surface area contributed by atoms with E-state index in [1.54, 1.807) is 6.92 Å². The molecular formula is C24H37N3O2S. The standard InChI is InChI=1S/C24H37N3O2S/c1-16-11-20(27(14-16)21(28)12-23(3,4)5)24(6,29)26-13-18-7-9-19(10-8-18)22-17(2)25-15-30-22/h7-10,16,20,25-26,29H,11-15H2,1-6H3/t16-,20+,24+/m1/s1. The van der Waals surface area contributed by atoms with Gasteiger partial charge in [-0.25, -0.2) is 0 Å². The number of amides is 1. The SMILES string of the molecule is CC1=C(c2ccc(CN[C@@](C)(O)[C@@H]3C[C@@H](C)CN3C(=O)CC(C)(C)C)cc2)SCN1. The van der Waals surface area contributed by atoms with Crippen molar-refractivity contribution in [2.24, 2.45) is 11.3 Å². The van der Waals surface area contributed by atoms with E-state index < -0.39 is 5.72 Å². The second kappa shape index (κ2) is 8.93. The third-order valence-electron chi connectivity index (χ3n) is 5.92. The van der Waals surface area contributed by atoms with Gasteiger partial charge in [-0.2, -0.15) is 0 Å². The van der Waals surface area contributed by atoms with Gasteiger partial charge in [0, 0.05) is 30.1 Å². The van der Waals surface area contributed by atoms with Gasteiger partial charge in [0.05, 0.1) is 11.9 Å². The summed E-state index contributed by atoms with van der Waals surface area (Å²) >= 11 is 1.83. The molecule has 0 unspecified atom stereocenters. The number of thioether (sulfide) groups is 1. The summed E-state index contributed by atoms with van der Waals surface area (Å²) in [6.45, 7) is 13.6. The van der Waals surface area contributed by atoms with Crippen LogP contribution in [0.15, 0.2) is 30.0 Å². The maximum absolute atomic E-state index is 12.9. The fraction of sp³-hybridized carbons (Fsp3) is 0.625. The average Bonchev–Trinajstić information content (AvgIpc) is 3.25. The predicted molar refractivity (Wildman–Crippen MR) is 125 cm³/mol. The van der Waals surface area contributed by atoms with E-state index in [1.165, 1.54) is 16.2 Å². The van der Waals surface area contributed by atoms with Crippen molar-refractivity contribution >= 4 is 22.6 Å². The van der Waals surface area contributed by atoms with Crippen molar-refractivity contribution in [3.05, 3.63) is 41.1 Å². The van der Waals surface area contributed by atoms with E-state index >= 15 is 0 Å². The van der Waals surface area contributed by atoms with Gasteiger partial charge in [0.25, 0.3) is 0 Å². The van der Waals surface area contributed by atoms with Crippen molar-refractivity contribution in [2.75, 3.05) is 12.4 Å². The molecule has 0 radical (unpaired) electrons. The number of allylic oxidation sites excluding steroid dienone is 1. The van der Waals surface area contributed by atoms with E-state index in [1.807, 2.05) is 16.7 Å². The number of rotatable bonds is 6. The summed E-state index contributed by atoms with van der Waals surface area (Å²) in [7, 11) is 0. The van der Waals surface area contributed by atoms with Gasteiger partial charge < -0.3 is 15.3 Å². The Morgan fingerprint density at radius 3 is 2.50 bits per heavy atom. The van der Waals surface area contributed by atoms with Crippen LogP contribution in [0.1, 0.15) is 65.5 Å². The molecule has 166 valence electrons. The lowest BCUT2D eigenvalue weighted by atomic mass is 9.91. The molecule has 2 aliphatic heterocycles. The number of aliphatic hydroxyl groups is 1. The monoisotopic (exact) mass is 431 g/mol. The number of hydrogen-bond donors (Lipinski definition) is 3. The highest BCUT2D eigenvalue weighted by atomic mass is 32.2. The number of carbonyl (C=O) groups excluding carboxylic acids is 1.